The average Bonchev–Trinajstić information content (AvgIpc) is 2.03. The highest BCUT2D eigenvalue weighted by Gasteiger charge is 2.09. The molecular formula is C9H16ClN. The minimum Gasteiger partial charge on any atom is -0.280 e. The zero-order valence-corrected chi connectivity index (χ0v) is 7.85. The Morgan fingerprint density at radius 2 is 1.82 bits per heavy atom. The third-order valence-electron chi connectivity index (χ3n) is 1.46. The molecule has 0 aromatic rings. The molecule has 0 saturated heterocycles. The molecule has 1 atom stereocenters. The highest BCUT2D eigenvalue weighted by Crippen LogP contribution is 2.08. The molecule has 0 bridgehead atoms. The van der Waals surface area contributed by atoms with Crippen LogP contribution in [0.25, 0.3) is 0 Å². The minimum absolute atomic E-state index is 0.103. The van der Waals surface area contributed by atoms with E-state index in [-0.39, 0.29) is 5.50 Å². The summed E-state index contributed by atoms with van der Waals surface area (Å²) in [5.74, 6) is 0. The van der Waals surface area contributed by atoms with Gasteiger partial charge in [0, 0.05) is 13.1 Å². The molecule has 64 valence electrons. The SMILES string of the molecule is C=CCN(CC=C)C(Cl)CC. The summed E-state index contributed by atoms with van der Waals surface area (Å²) < 4.78 is 0. The predicted octanol–water partition coefficient (Wildman–Crippen LogP) is 2.64. The highest BCUT2D eigenvalue weighted by atomic mass is 35.5. The van der Waals surface area contributed by atoms with Gasteiger partial charge in [0.15, 0.2) is 0 Å². The third-order valence-corrected chi connectivity index (χ3v) is 2.04. The van der Waals surface area contributed by atoms with Crippen LogP contribution in [0.15, 0.2) is 25.3 Å². The Labute approximate surface area is 74.3 Å². The summed E-state index contributed by atoms with van der Waals surface area (Å²) in [6, 6.07) is 0. The Kier molecular flexibility index (Phi) is 6.28. The highest BCUT2D eigenvalue weighted by molar-refractivity contribution is 6.20. The molecule has 0 aromatic carbocycles. The van der Waals surface area contributed by atoms with Gasteiger partial charge in [-0.2, -0.15) is 0 Å². The number of rotatable bonds is 6. The first kappa shape index (κ1) is 10.7. The van der Waals surface area contributed by atoms with E-state index < -0.39 is 0 Å². The summed E-state index contributed by atoms with van der Waals surface area (Å²) in [6.45, 7) is 11.1. The van der Waals surface area contributed by atoms with Crippen molar-refractivity contribution in [2.45, 2.75) is 18.8 Å². The molecule has 1 unspecified atom stereocenters. The fraction of sp³-hybridized carbons (Fsp3) is 0.556. The molecule has 0 N–H and O–H groups in total. The third kappa shape index (κ3) is 4.23. The quantitative estimate of drug-likeness (QED) is 0.339. The average molecular weight is 174 g/mol. The van der Waals surface area contributed by atoms with Gasteiger partial charge in [-0.1, -0.05) is 19.1 Å². The van der Waals surface area contributed by atoms with Crippen molar-refractivity contribution in [3.05, 3.63) is 25.3 Å². The second-order valence-corrected chi connectivity index (χ2v) is 2.88. The largest absolute Gasteiger partial charge is 0.280 e. The topological polar surface area (TPSA) is 3.24 Å². The molecule has 0 aliphatic carbocycles. The van der Waals surface area contributed by atoms with Crippen molar-refractivity contribution in [3.8, 4) is 0 Å². The molecule has 0 spiro atoms. The summed E-state index contributed by atoms with van der Waals surface area (Å²) in [5.41, 5.74) is 0.103. The van der Waals surface area contributed by atoms with Crippen LogP contribution in [0.4, 0.5) is 0 Å². The van der Waals surface area contributed by atoms with Gasteiger partial charge in [-0.3, -0.25) is 4.90 Å². The lowest BCUT2D eigenvalue weighted by Gasteiger charge is -2.23. The number of nitrogens with zero attached hydrogens (tertiary/aromatic N) is 1. The lowest BCUT2D eigenvalue weighted by molar-refractivity contribution is 0.302. The normalized spacial score (nSPS) is 13.0. The number of alkyl halides is 1. The van der Waals surface area contributed by atoms with E-state index in [4.69, 9.17) is 11.6 Å². The van der Waals surface area contributed by atoms with Crippen LogP contribution < -0.4 is 0 Å². The predicted molar refractivity (Wildman–Crippen MR) is 51.9 cm³/mol. The van der Waals surface area contributed by atoms with Gasteiger partial charge in [0.05, 0.1) is 5.50 Å². The lowest BCUT2D eigenvalue weighted by atomic mass is 10.4. The van der Waals surface area contributed by atoms with Crippen LogP contribution in [0.5, 0.6) is 0 Å². The zero-order valence-electron chi connectivity index (χ0n) is 7.09. The smallest absolute Gasteiger partial charge is 0.0853 e. The number of hydrogen-bond donors (Lipinski definition) is 0. The van der Waals surface area contributed by atoms with Crippen molar-refractivity contribution >= 4 is 11.6 Å². The maximum absolute atomic E-state index is 6.02. The standard InChI is InChI=1S/C9H16ClN/c1-4-7-11(8-5-2)9(10)6-3/h4-5,9H,1-2,6-8H2,3H3. The molecule has 0 aliphatic heterocycles. The van der Waals surface area contributed by atoms with Crippen LogP contribution in [-0.2, 0) is 0 Å². The fourth-order valence-electron chi connectivity index (χ4n) is 0.893. The minimum atomic E-state index is 0.103. The van der Waals surface area contributed by atoms with E-state index in [2.05, 4.69) is 25.0 Å². The molecule has 0 fully saturated rings. The summed E-state index contributed by atoms with van der Waals surface area (Å²) >= 11 is 6.02. The molecule has 0 heterocycles. The molecule has 0 aromatic heterocycles. The summed E-state index contributed by atoms with van der Waals surface area (Å²) in [4.78, 5) is 2.11. The molecular weight excluding hydrogens is 158 g/mol. The van der Waals surface area contributed by atoms with Gasteiger partial charge >= 0.3 is 0 Å². The van der Waals surface area contributed by atoms with Crippen molar-refractivity contribution in [3.63, 3.8) is 0 Å². The molecule has 2 heteroatoms. The van der Waals surface area contributed by atoms with E-state index in [1.54, 1.807) is 0 Å². The molecule has 0 amide bonds. The van der Waals surface area contributed by atoms with Crippen molar-refractivity contribution < 1.29 is 0 Å². The summed E-state index contributed by atoms with van der Waals surface area (Å²) in [6.07, 6.45) is 4.66. The second-order valence-electron chi connectivity index (χ2n) is 2.37. The molecule has 1 nitrogen and oxygen atoms in total. The lowest BCUT2D eigenvalue weighted by Crippen LogP contribution is -2.31. The van der Waals surface area contributed by atoms with Crippen LogP contribution in [0, 0.1) is 0 Å². The molecule has 0 aliphatic rings. The molecule has 0 saturated carbocycles. The van der Waals surface area contributed by atoms with Crippen LogP contribution >= 0.6 is 11.6 Å². The maximum atomic E-state index is 6.02. The van der Waals surface area contributed by atoms with E-state index in [0.29, 0.717) is 0 Å². The van der Waals surface area contributed by atoms with Gasteiger partial charge in [-0.15, -0.1) is 24.8 Å². The van der Waals surface area contributed by atoms with Gasteiger partial charge in [0.2, 0.25) is 0 Å². The first-order chi connectivity index (χ1) is 5.26. The van der Waals surface area contributed by atoms with E-state index in [9.17, 15) is 0 Å². The van der Waals surface area contributed by atoms with Crippen LogP contribution in [0.1, 0.15) is 13.3 Å². The zero-order chi connectivity index (χ0) is 8.69. The Hall–Kier alpha value is -0.270. The van der Waals surface area contributed by atoms with Crippen molar-refractivity contribution in [2.24, 2.45) is 0 Å². The van der Waals surface area contributed by atoms with E-state index in [0.717, 1.165) is 19.5 Å². The van der Waals surface area contributed by atoms with E-state index in [1.807, 2.05) is 12.2 Å². The van der Waals surface area contributed by atoms with Crippen molar-refractivity contribution in [1.29, 1.82) is 0 Å². The second kappa shape index (κ2) is 6.44. The number of hydrogen-bond acceptors (Lipinski definition) is 1. The Morgan fingerprint density at radius 1 is 1.36 bits per heavy atom. The van der Waals surface area contributed by atoms with Gasteiger partial charge in [-0.05, 0) is 6.42 Å². The Bertz CT molecular complexity index is 113. The van der Waals surface area contributed by atoms with Gasteiger partial charge in [0.1, 0.15) is 0 Å². The molecule has 0 radical (unpaired) electrons. The Balaban J connectivity index is 3.84. The monoisotopic (exact) mass is 173 g/mol. The number of halogens is 1. The first-order valence-corrected chi connectivity index (χ1v) is 4.29. The molecule has 0 rings (SSSR count). The van der Waals surface area contributed by atoms with Crippen LogP contribution in [-0.4, -0.2) is 23.5 Å². The van der Waals surface area contributed by atoms with Crippen molar-refractivity contribution in [1.82, 2.24) is 4.90 Å². The fourth-order valence-corrected chi connectivity index (χ4v) is 1.05. The summed E-state index contributed by atoms with van der Waals surface area (Å²) in [5, 5.41) is 0. The van der Waals surface area contributed by atoms with Crippen molar-refractivity contribution in [2.75, 3.05) is 13.1 Å². The van der Waals surface area contributed by atoms with Crippen LogP contribution in [0.2, 0.25) is 0 Å². The van der Waals surface area contributed by atoms with Gasteiger partial charge in [-0.25, -0.2) is 0 Å². The maximum Gasteiger partial charge on any atom is 0.0853 e. The van der Waals surface area contributed by atoms with Gasteiger partial charge in [0.25, 0.3) is 0 Å². The van der Waals surface area contributed by atoms with E-state index >= 15 is 0 Å². The van der Waals surface area contributed by atoms with E-state index in [1.165, 1.54) is 0 Å². The van der Waals surface area contributed by atoms with Gasteiger partial charge < -0.3 is 0 Å². The molecule has 11 heavy (non-hydrogen) atoms. The summed E-state index contributed by atoms with van der Waals surface area (Å²) in [7, 11) is 0. The Morgan fingerprint density at radius 3 is 2.09 bits per heavy atom. The van der Waals surface area contributed by atoms with Crippen LogP contribution in [0.3, 0.4) is 0 Å². The first-order valence-electron chi connectivity index (χ1n) is 3.86.